The molecule has 4 rings (SSSR count). The minimum Gasteiger partial charge on any atom is -0.341 e. The Morgan fingerprint density at radius 1 is 1.13 bits per heavy atom. The average Bonchev–Trinajstić information content (AvgIpc) is 3.36. The van der Waals surface area contributed by atoms with Gasteiger partial charge in [0.25, 0.3) is 0 Å². The number of carbonyl (C=O) groups is 1. The summed E-state index contributed by atoms with van der Waals surface area (Å²) in [5.74, 6) is 0. The third-order valence-electron chi connectivity index (χ3n) is 5.24. The predicted octanol–water partition coefficient (Wildman–Crippen LogP) is 4.07. The van der Waals surface area contributed by atoms with Crippen molar-refractivity contribution in [1.29, 1.82) is 0 Å². The molecule has 10 heteroatoms. The van der Waals surface area contributed by atoms with E-state index in [4.69, 9.17) is 0 Å². The topological polar surface area (TPSA) is 44.6 Å². The van der Waals surface area contributed by atoms with Crippen LogP contribution < -0.4 is 0 Å². The van der Waals surface area contributed by atoms with E-state index < -0.39 is 11.7 Å². The van der Waals surface area contributed by atoms with E-state index in [1.165, 1.54) is 12.1 Å². The standard InChI is InChI=1S/C20H22F3N5OS/c1-14-13-30-19(28(14)12-16-9-24-25(2)10-16)27-8-7-26(18(27)29)11-15-3-5-17(6-4-15)20(21,22)23/h3-6,9-10,13,19H,7-8,11-12H2,1-2H3. The number of rotatable bonds is 5. The number of carbonyl (C=O) groups excluding carboxylic acids is 1. The Morgan fingerprint density at radius 2 is 1.87 bits per heavy atom. The van der Waals surface area contributed by atoms with Gasteiger partial charge in [-0.25, -0.2) is 4.79 Å². The molecule has 1 saturated heterocycles. The summed E-state index contributed by atoms with van der Waals surface area (Å²) in [6.07, 6.45) is -0.590. The normalized spacial score (nSPS) is 19.8. The second-order valence-electron chi connectivity index (χ2n) is 7.46. The molecular formula is C20H22F3N5OS. The molecule has 30 heavy (non-hydrogen) atoms. The lowest BCUT2D eigenvalue weighted by atomic mass is 10.1. The van der Waals surface area contributed by atoms with E-state index in [1.54, 1.807) is 21.3 Å². The second kappa shape index (κ2) is 7.90. The quantitative estimate of drug-likeness (QED) is 0.708. The average molecular weight is 437 g/mol. The van der Waals surface area contributed by atoms with Gasteiger partial charge in [0.2, 0.25) is 0 Å². The molecule has 0 saturated carbocycles. The van der Waals surface area contributed by atoms with E-state index in [9.17, 15) is 18.0 Å². The van der Waals surface area contributed by atoms with Crippen LogP contribution in [0, 0.1) is 0 Å². The van der Waals surface area contributed by atoms with Gasteiger partial charge in [-0.05, 0) is 30.0 Å². The zero-order valence-electron chi connectivity index (χ0n) is 16.6. The molecule has 1 fully saturated rings. The van der Waals surface area contributed by atoms with Gasteiger partial charge >= 0.3 is 12.2 Å². The molecule has 3 heterocycles. The van der Waals surface area contributed by atoms with Crippen molar-refractivity contribution in [2.45, 2.75) is 31.7 Å². The minimum atomic E-state index is -4.36. The highest BCUT2D eigenvalue weighted by Gasteiger charge is 2.39. The van der Waals surface area contributed by atoms with Gasteiger partial charge in [-0.3, -0.25) is 9.58 Å². The first kappa shape index (κ1) is 20.6. The van der Waals surface area contributed by atoms with Gasteiger partial charge in [0.05, 0.1) is 11.8 Å². The highest BCUT2D eigenvalue weighted by Crippen LogP contribution is 2.36. The van der Waals surface area contributed by atoms with Crippen molar-refractivity contribution in [3.63, 3.8) is 0 Å². The molecule has 0 bridgehead atoms. The van der Waals surface area contributed by atoms with E-state index in [-0.39, 0.29) is 11.5 Å². The number of halogens is 3. The van der Waals surface area contributed by atoms with Gasteiger partial charge in [0, 0.05) is 50.7 Å². The van der Waals surface area contributed by atoms with Crippen molar-refractivity contribution in [2.75, 3.05) is 13.1 Å². The Balaban J connectivity index is 1.42. The fourth-order valence-electron chi connectivity index (χ4n) is 3.64. The molecule has 2 aromatic rings. The fraction of sp³-hybridized carbons (Fsp3) is 0.400. The predicted molar refractivity (Wildman–Crippen MR) is 108 cm³/mol. The van der Waals surface area contributed by atoms with E-state index in [0.29, 0.717) is 31.7 Å². The van der Waals surface area contributed by atoms with E-state index in [1.807, 2.05) is 36.7 Å². The van der Waals surface area contributed by atoms with Gasteiger partial charge < -0.3 is 9.80 Å². The van der Waals surface area contributed by atoms with Gasteiger partial charge in [-0.15, -0.1) is 0 Å². The summed E-state index contributed by atoms with van der Waals surface area (Å²) in [4.78, 5) is 18.7. The molecule has 2 aliphatic rings. The maximum atomic E-state index is 13.0. The summed E-state index contributed by atoms with van der Waals surface area (Å²) >= 11 is 1.59. The molecule has 6 nitrogen and oxygen atoms in total. The summed E-state index contributed by atoms with van der Waals surface area (Å²) in [7, 11) is 1.87. The molecule has 1 aromatic carbocycles. The van der Waals surface area contributed by atoms with Crippen molar-refractivity contribution in [3.05, 3.63) is 64.5 Å². The Kier molecular flexibility index (Phi) is 5.44. The molecule has 0 aliphatic carbocycles. The zero-order valence-corrected chi connectivity index (χ0v) is 17.5. The van der Waals surface area contributed by atoms with Gasteiger partial charge in [-0.1, -0.05) is 23.9 Å². The third-order valence-corrected chi connectivity index (χ3v) is 6.47. The van der Waals surface area contributed by atoms with Crippen LogP contribution in [0.1, 0.15) is 23.6 Å². The molecule has 160 valence electrons. The number of hydrogen-bond donors (Lipinski definition) is 0. The number of thioether (sulfide) groups is 1. The summed E-state index contributed by atoms with van der Waals surface area (Å²) < 4.78 is 40.0. The molecule has 1 aromatic heterocycles. The lowest BCUT2D eigenvalue weighted by molar-refractivity contribution is -0.137. The maximum absolute atomic E-state index is 13.0. The van der Waals surface area contributed by atoms with Crippen LogP contribution in [0.2, 0.25) is 0 Å². The fourth-order valence-corrected chi connectivity index (χ4v) is 4.83. The van der Waals surface area contributed by atoms with Crippen LogP contribution in [0.5, 0.6) is 0 Å². The summed E-state index contributed by atoms with van der Waals surface area (Å²) in [6.45, 7) is 4.07. The van der Waals surface area contributed by atoms with Crippen molar-refractivity contribution < 1.29 is 18.0 Å². The Hall–Kier alpha value is -2.62. The molecular weight excluding hydrogens is 415 g/mol. The smallest absolute Gasteiger partial charge is 0.341 e. The number of alkyl halides is 3. The van der Waals surface area contributed by atoms with Crippen LogP contribution in [-0.2, 0) is 26.3 Å². The molecule has 1 unspecified atom stereocenters. The SMILES string of the molecule is CC1=CSC(N2CCN(Cc3ccc(C(F)(F)F)cc3)C2=O)N1Cc1cnn(C)c1. The van der Waals surface area contributed by atoms with E-state index >= 15 is 0 Å². The number of aryl methyl sites for hydroxylation is 1. The van der Waals surface area contributed by atoms with Gasteiger partial charge in [0.15, 0.2) is 5.50 Å². The van der Waals surface area contributed by atoms with Crippen LogP contribution in [0.25, 0.3) is 0 Å². The number of benzene rings is 1. The Labute approximate surface area is 176 Å². The summed E-state index contributed by atoms with van der Waals surface area (Å²) in [5, 5.41) is 6.25. The molecule has 2 aliphatic heterocycles. The monoisotopic (exact) mass is 437 g/mol. The van der Waals surface area contributed by atoms with Crippen LogP contribution in [0.4, 0.5) is 18.0 Å². The van der Waals surface area contributed by atoms with Crippen LogP contribution in [-0.4, -0.2) is 49.1 Å². The van der Waals surface area contributed by atoms with Crippen molar-refractivity contribution in [1.82, 2.24) is 24.5 Å². The van der Waals surface area contributed by atoms with Gasteiger partial charge in [0.1, 0.15) is 0 Å². The van der Waals surface area contributed by atoms with Crippen molar-refractivity contribution in [3.8, 4) is 0 Å². The van der Waals surface area contributed by atoms with Gasteiger partial charge in [-0.2, -0.15) is 18.3 Å². The first-order chi connectivity index (χ1) is 14.2. The lowest BCUT2D eigenvalue weighted by Gasteiger charge is -2.33. The zero-order chi connectivity index (χ0) is 21.5. The first-order valence-electron chi connectivity index (χ1n) is 9.50. The number of hydrogen-bond acceptors (Lipinski definition) is 4. The highest BCUT2D eigenvalue weighted by molar-refractivity contribution is 8.02. The number of urea groups is 1. The molecule has 0 radical (unpaired) electrons. The van der Waals surface area contributed by atoms with Crippen molar-refractivity contribution >= 4 is 17.8 Å². The first-order valence-corrected chi connectivity index (χ1v) is 10.4. The van der Waals surface area contributed by atoms with Crippen molar-refractivity contribution in [2.24, 2.45) is 7.05 Å². The van der Waals surface area contributed by atoms with Crippen LogP contribution >= 0.6 is 11.8 Å². The number of amides is 2. The lowest BCUT2D eigenvalue weighted by Crippen LogP contribution is -2.45. The molecule has 2 amide bonds. The largest absolute Gasteiger partial charge is 0.416 e. The third kappa shape index (κ3) is 4.14. The number of nitrogens with zero attached hydrogens (tertiary/aromatic N) is 5. The Bertz CT molecular complexity index is 956. The van der Waals surface area contributed by atoms with E-state index in [2.05, 4.69) is 10.00 Å². The minimum absolute atomic E-state index is 0.105. The summed E-state index contributed by atoms with van der Waals surface area (Å²) in [6, 6.07) is 4.88. The number of aromatic nitrogens is 2. The van der Waals surface area contributed by atoms with Crippen LogP contribution in [0.3, 0.4) is 0 Å². The summed E-state index contributed by atoms with van der Waals surface area (Å²) in [5.41, 5.74) is 2.00. The second-order valence-corrected chi connectivity index (χ2v) is 8.39. The molecule has 0 spiro atoms. The maximum Gasteiger partial charge on any atom is 0.416 e. The molecule has 0 N–H and O–H groups in total. The van der Waals surface area contributed by atoms with Crippen LogP contribution in [0.15, 0.2) is 47.8 Å². The highest BCUT2D eigenvalue weighted by atomic mass is 32.2. The Morgan fingerprint density at radius 3 is 2.50 bits per heavy atom. The number of allylic oxidation sites excluding steroid dienone is 1. The molecule has 1 atom stereocenters. The van der Waals surface area contributed by atoms with E-state index in [0.717, 1.165) is 23.4 Å².